The summed E-state index contributed by atoms with van der Waals surface area (Å²) >= 11 is 1.13. The second-order valence-corrected chi connectivity index (χ2v) is 8.10. The van der Waals surface area contributed by atoms with Crippen LogP contribution in [0.5, 0.6) is 11.5 Å². The van der Waals surface area contributed by atoms with E-state index in [2.05, 4.69) is 20.8 Å². The molecule has 0 aliphatic heterocycles. The topological polar surface area (TPSA) is 116 Å². The zero-order chi connectivity index (χ0) is 24.6. The first-order chi connectivity index (χ1) is 17.1. The number of hydrogen-bond acceptors (Lipinski definition) is 8. The number of aromatic nitrogens is 2. The number of anilines is 2. The van der Waals surface area contributed by atoms with Crippen LogP contribution in [0.15, 0.2) is 82.4 Å². The Kier molecular flexibility index (Phi) is 7.63. The van der Waals surface area contributed by atoms with Gasteiger partial charge in [-0.05, 0) is 60.7 Å². The summed E-state index contributed by atoms with van der Waals surface area (Å²) in [7, 11) is 3.13. The molecule has 0 spiro atoms. The molecule has 0 fully saturated rings. The molecule has 178 valence electrons. The highest BCUT2D eigenvalue weighted by atomic mass is 32.2. The Hall–Kier alpha value is -4.31. The Morgan fingerprint density at radius 1 is 0.886 bits per heavy atom. The quantitative estimate of drug-likeness (QED) is 0.323. The number of rotatable bonds is 9. The fourth-order valence-corrected chi connectivity index (χ4v) is 3.65. The summed E-state index contributed by atoms with van der Waals surface area (Å²) in [4.78, 5) is 24.9. The molecule has 2 N–H and O–H groups in total. The van der Waals surface area contributed by atoms with Crippen LogP contribution in [0.4, 0.5) is 11.4 Å². The van der Waals surface area contributed by atoms with E-state index < -0.39 is 0 Å². The van der Waals surface area contributed by atoms with Crippen LogP contribution in [0.3, 0.4) is 0 Å². The Morgan fingerprint density at radius 2 is 1.63 bits per heavy atom. The van der Waals surface area contributed by atoms with Gasteiger partial charge in [-0.25, -0.2) is 0 Å². The molecule has 9 nitrogen and oxygen atoms in total. The first-order valence-corrected chi connectivity index (χ1v) is 11.5. The maximum atomic E-state index is 12.5. The van der Waals surface area contributed by atoms with Crippen LogP contribution in [0, 0.1) is 0 Å². The molecule has 35 heavy (non-hydrogen) atoms. The molecule has 0 bridgehead atoms. The summed E-state index contributed by atoms with van der Waals surface area (Å²) in [6.45, 7) is 0. The van der Waals surface area contributed by atoms with Crippen molar-refractivity contribution in [1.29, 1.82) is 0 Å². The summed E-state index contributed by atoms with van der Waals surface area (Å²) in [5.41, 5.74) is 2.34. The van der Waals surface area contributed by atoms with Gasteiger partial charge < -0.3 is 24.5 Å². The number of carbonyl (C=O) groups excluding carboxylic acids is 2. The van der Waals surface area contributed by atoms with Gasteiger partial charge in [0.15, 0.2) is 0 Å². The number of nitrogens with one attached hydrogen (secondary N) is 2. The van der Waals surface area contributed by atoms with Crippen molar-refractivity contribution in [2.45, 2.75) is 5.22 Å². The molecule has 0 aliphatic rings. The third kappa shape index (κ3) is 6.18. The largest absolute Gasteiger partial charge is 0.497 e. The highest BCUT2D eigenvalue weighted by Gasteiger charge is 2.13. The number of nitrogens with zero attached hydrogens (tertiary/aromatic N) is 2. The molecule has 4 rings (SSSR count). The first-order valence-electron chi connectivity index (χ1n) is 10.5. The lowest BCUT2D eigenvalue weighted by Crippen LogP contribution is -2.15. The zero-order valence-electron chi connectivity index (χ0n) is 19.0. The zero-order valence-corrected chi connectivity index (χ0v) is 19.8. The van der Waals surface area contributed by atoms with Crippen LogP contribution in [0.2, 0.25) is 0 Å². The predicted molar refractivity (Wildman–Crippen MR) is 133 cm³/mol. The maximum Gasteiger partial charge on any atom is 0.277 e. The molecule has 2 amide bonds. The Bertz CT molecular complexity index is 1310. The van der Waals surface area contributed by atoms with Crippen molar-refractivity contribution >= 4 is 35.0 Å². The smallest absolute Gasteiger partial charge is 0.277 e. The average molecular weight is 491 g/mol. The van der Waals surface area contributed by atoms with Gasteiger partial charge >= 0.3 is 0 Å². The molecule has 4 aromatic rings. The molecular formula is C25H22N4O5S. The average Bonchev–Trinajstić information content (AvgIpc) is 3.37. The summed E-state index contributed by atoms with van der Waals surface area (Å²) in [6.07, 6.45) is 0. The second kappa shape index (κ2) is 11.2. The van der Waals surface area contributed by atoms with Crippen LogP contribution in [-0.2, 0) is 4.79 Å². The Labute approximate surface area is 205 Å². The molecule has 1 aromatic heterocycles. The molecule has 1 heterocycles. The standard InChI is InChI=1S/C25H22N4O5S/c1-32-19-13-9-17(10-14-19)24-28-29-25(34-24)35-15-22(30)26-18-11-7-16(8-12-18)23(31)27-20-5-3-4-6-21(20)33-2/h3-14H,15H2,1-2H3,(H,26,30)(H,27,31). The fourth-order valence-electron chi connectivity index (χ4n) is 3.09. The lowest BCUT2D eigenvalue weighted by atomic mass is 10.2. The van der Waals surface area contributed by atoms with Gasteiger partial charge in [0.1, 0.15) is 11.5 Å². The lowest BCUT2D eigenvalue weighted by molar-refractivity contribution is -0.113. The summed E-state index contributed by atoms with van der Waals surface area (Å²) in [6, 6.07) is 21.0. The third-order valence-electron chi connectivity index (χ3n) is 4.86. The fraction of sp³-hybridized carbons (Fsp3) is 0.120. The summed E-state index contributed by atoms with van der Waals surface area (Å²) < 4.78 is 16.0. The van der Waals surface area contributed by atoms with Gasteiger partial charge in [0, 0.05) is 16.8 Å². The van der Waals surface area contributed by atoms with Crippen molar-refractivity contribution in [1.82, 2.24) is 10.2 Å². The molecule has 0 radical (unpaired) electrons. The highest BCUT2D eigenvalue weighted by molar-refractivity contribution is 7.99. The van der Waals surface area contributed by atoms with E-state index in [-0.39, 0.29) is 22.8 Å². The highest BCUT2D eigenvalue weighted by Crippen LogP contribution is 2.26. The molecular weight excluding hydrogens is 468 g/mol. The minimum Gasteiger partial charge on any atom is -0.497 e. The molecule has 0 atom stereocenters. The van der Waals surface area contributed by atoms with Crippen LogP contribution >= 0.6 is 11.8 Å². The van der Waals surface area contributed by atoms with Crippen molar-refractivity contribution in [3.63, 3.8) is 0 Å². The molecule has 0 aliphatic carbocycles. The summed E-state index contributed by atoms with van der Waals surface area (Å²) in [5, 5.41) is 13.9. The minimum atomic E-state index is -0.285. The van der Waals surface area contributed by atoms with E-state index in [0.717, 1.165) is 23.1 Å². The Balaban J connectivity index is 1.28. The minimum absolute atomic E-state index is 0.0836. The predicted octanol–water partition coefficient (Wildman–Crippen LogP) is 4.74. The number of ether oxygens (including phenoxy) is 2. The van der Waals surface area contributed by atoms with Gasteiger partial charge in [0.05, 0.1) is 25.7 Å². The second-order valence-electron chi connectivity index (χ2n) is 7.17. The van der Waals surface area contributed by atoms with Gasteiger partial charge in [-0.1, -0.05) is 23.9 Å². The van der Waals surface area contributed by atoms with Crippen molar-refractivity contribution in [3.05, 3.63) is 78.4 Å². The number of thioether (sulfide) groups is 1. The van der Waals surface area contributed by atoms with E-state index in [9.17, 15) is 9.59 Å². The van der Waals surface area contributed by atoms with Crippen molar-refractivity contribution in [2.75, 3.05) is 30.6 Å². The normalized spacial score (nSPS) is 10.5. The first kappa shape index (κ1) is 23.8. The van der Waals surface area contributed by atoms with Crippen LogP contribution in [0.25, 0.3) is 11.5 Å². The van der Waals surface area contributed by atoms with Gasteiger partial charge in [0.2, 0.25) is 11.8 Å². The molecule has 10 heteroatoms. The third-order valence-corrected chi connectivity index (χ3v) is 5.67. The van der Waals surface area contributed by atoms with Crippen molar-refractivity contribution < 1.29 is 23.5 Å². The van der Waals surface area contributed by atoms with E-state index in [1.807, 2.05) is 24.3 Å². The van der Waals surface area contributed by atoms with E-state index in [0.29, 0.717) is 28.6 Å². The molecule has 0 saturated heterocycles. The van der Waals surface area contributed by atoms with Crippen molar-refractivity contribution in [2.24, 2.45) is 0 Å². The van der Waals surface area contributed by atoms with Crippen LogP contribution in [0.1, 0.15) is 10.4 Å². The molecule has 0 saturated carbocycles. The van der Waals surface area contributed by atoms with Crippen LogP contribution in [-0.4, -0.2) is 42.0 Å². The van der Waals surface area contributed by atoms with Gasteiger partial charge in [0.25, 0.3) is 11.1 Å². The monoisotopic (exact) mass is 490 g/mol. The number of benzene rings is 3. The molecule has 3 aromatic carbocycles. The van der Waals surface area contributed by atoms with E-state index in [1.54, 1.807) is 62.8 Å². The number of carbonyl (C=O) groups is 2. The SMILES string of the molecule is COc1ccc(-c2nnc(SCC(=O)Nc3ccc(C(=O)Nc4ccccc4OC)cc3)o2)cc1. The van der Waals surface area contributed by atoms with Crippen LogP contribution < -0.4 is 20.1 Å². The number of para-hydroxylation sites is 2. The number of methoxy groups -OCH3 is 2. The van der Waals surface area contributed by atoms with E-state index in [4.69, 9.17) is 13.9 Å². The number of amides is 2. The Morgan fingerprint density at radius 3 is 2.34 bits per heavy atom. The van der Waals surface area contributed by atoms with Gasteiger partial charge in [-0.3, -0.25) is 9.59 Å². The lowest BCUT2D eigenvalue weighted by Gasteiger charge is -2.10. The van der Waals surface area contributed by atoms with E-state index in [1.165, 1.54) is 0 Å². The van der Waals surface area contributed by atoms with Crippen molar-refractivity contribution in [3.8, 4) is 23.0 Å². The van der Waals surface area contributed by atoms with Gasteiger partial charge in [-0.15, -0.1) is 10.2 Å². The van der Waals surface area contributed by atoms with Gasteiger partial charge in [-0.2, -0.15) is 0 Å². The summed E-state index contributed by atoms with van der Waals surface area (Å²) in [5.74, 6) is 1.21. The maximum absolute atomic E-state index is 12.5. The number of hydrogen-bond donors (Lipinski definition) is 2. The molecule has 0 unspecified atom stereocenters. The van der Waals surface area contributed by atoms with E-state index >= 15 is 0 Å².